The summed E-state index contributed by atoms with van der Waals surface area (Å²) in [6.45, 7) is 3.15. The van der Waals surface area contributed by atoms with E-state index in [0.717, 1.165) is 47.3 Å². The van der Waals surface area contributed by atoms with Gasteiger partial charge >= 0.3 is 0 Å². The van der Waals surface area contributed by atoms with Crippen LogP contribution in [0.5, 0.6) is 17.2 Å². The van der Waals surface area contributed by atoms with Crippen molar-refractivity contribution in [2.45, 2.75) is 45.3 Å². The maximum absolute atomic E-state index is 12.9. The quantitative estimate of drug-likeness (QED) is 0.290. The third-order valence-electron chi connectivity index (χ3n) is 7.18. The highest BCUT2D eigenvalue weighted by Crippen LogP contribution is 2.25. The SMILES string of the molecule is O=C(Cc1ccc2c(c1)CN(Cc1ccccc1)CC(=O)NCCCCCO2)NCc1ccc(Oc2cccnc2)cc1. The normalized spacial score (nSPS) is 14.6. The van der Waals surface area contributed by atoms with Gasteiger partial charge in [-0.1, -0.05) is 54.6 Å². The summed E-state index contributed by atoms with van der Waals surface area (Å²) < 4.78 is 12.0. The first-order valence-corrected chi connectivity index (χ1v) is 14.8. The van der Waals surface area contributed by atoms with Gasteiger partial charge in [0.05, 0.1) is 25.8 Å². The highest BCUT2D eigenvalue weighted by molar-refractivity contribution is 5.79. The average Bonchev–Trinajstić information content (AvgIpc) is 3.03. The van der Waals surface area contributed by atoms with Gasteiger partial charge in [-0.15, -0.1) is 0 Å². The van der Waals surface area contributed by atoms with Crippen molar-refractivity contribution in [3.63, 3.8) is 0 Å². The predicted molar refractivity (Wildman–Crippen MR) is 166 cm³/mol. The molecule has 1 aliphatic rings. The van der Waals surface area contributed by atoms with E-state index in [1.807, 2.05) is 72.8 Å². The minimum absolute atomic E-state index is 0.0184. The molecule has 0 spiro atoms. The molecule has 3 aromatic carbocycles. The lowest BCUT2D eigenvalue weighted by molar-refractivity contribution is -0.122. The molecule has 8 heteroatoms. The van der Waals surface area contributed by atoms with Crippen LogP contribution in [0, 0.1) is 0 Å². The second-order valence-electron chi connectivity index (χ2n) is 10.7. The van der Waals surface area contributed by atoms with Gasteiger partial charge < -0.3 is 20.1 Å². The fraction of sp³-hybridized carbons (Fsp3) is 0.286. The van der Waals surface area contributed by atoms with Crippen molar-refractivity contribution in [1.82, 2.24) is 20.5 Å². The summed E-state index contributed by atoms with van der Waals surface area (Å²) in [7, 11) is 0. The maximum Gasteiger partial charge on any atom is 0.234 e. The summed E-state index contributed by atoms with van der Waals surface area (Å²) in [6, 6.07) is 27.4. The molecule has 5 rings (SSSR count). The van der Waals surface area contributed by atoms with E-state index in [1.165, 1.54) is 0 Å². The Morgan fingerprint density at radius 3 is 2.53 bits per heavy atom. The van der Waals surface area contributed by atoms with Crippen LogP contribution in [0.25, 0.3) is 0 Å². The van der Waals surface area contributed by atoms with E-state index in [9.17, 15) is 9.59 Å². The Morgan fingerprint density at radius 1 is 0.884 bits per heavy atom. The molecule has 1 aromatic heterocycles. The van der Waals surface area contributed by atoms with Crippen molar-refractivity contribution in [3.05, 3.63) is 120 Å². The van der Waals surface area contributed by atoms with Gasteiger partial charge in [0.25, 0.3) is 0 Å². The fourth-order valence-corrected chi connectivity index (χ4v) is 5.00. The Kier molecular flexibility index (Phi) is 10.7. The van der Waals surface area contributed by atoms with E-state index in [0.29, 0.717) is 44.3 Å². The Morgan fingerprint density at radius 2 is 1.72 bits per heavy atom. The molecule has 0 saturated heterocycles. The number of amides is 2. The van der Waals surface area contributed by atoms with Gasteiger partial charge in [-0.25, -0.2) is 0 Å². The standard InChI is InChI=1S/C35H38N4O4/c40-34(38-22-27-11-14-31(15-12-27)43-32-10-7-17-36-23-32)21-29-13-16-33-30(20-29)25-39(24-28-8-3-1-4-9-28)26-35(41)37-18-5-2-6-19-42-33/h1,3-4,7-17,20,23H,2,5-6,18-19,21-22,24-26H2,(H,37,41)(H,38,40). The molecule has 8 nitrogen and oxygen atoms in total. The average molecular weight is 579 g/mol. The monoisotopic (exact) mass is 578 g/mol. The lowest BCUT2D eigenvalue weighted by Gasteiger charge is -2.23. The smallest absolute Gasteiger partial charge is 0.234 e. The first-order chi connectivity index (χ1) is 21.1. The van der Waals surface area contributed by atoms with Crippen LogP contribution in [0.4, 0.5) is 0 Å². The number of aromatic nitrogens is 1. The molecule has 2 N–H and O–H groups in total. The van der Waals surface area contributed by atoms with Crippen LogP contribution in [0.15, 0.2) is 97.3 Å². The van der Waals surface area contributed by atoms with Gasteiger partial charge in [0.15, 0.2) is 0 Å². The fourth-order valence-electron chi connectivity index (χ4n) is 5.00. The number of hydrogen-bond donors (Lipinski definition) is 2. The van der Waals surface area contributed by atoms with Crippen molar-refractivity contribution in [1.29, 1.82) is 0 Å². The number of ether oxygens (including phenoxy) is 2. The third kappa shape index (κ3) is 9.68. The van der Waals surface area contributed by atoms with Crippen LogP contribution < -0.4 is 20.1 Å². The van der Waals surface area contributed by atoms with Gasteiger partial charge in [0, 0.05) is 37.9 Å². The zero-order valence-corrected chi connectivity index (χ0v) is 24.3. The number of pyridine rings is 1. The van der Waals surface area contributed by atoms with Gasteiger partial charge in [0.2, 0.25) is 11.8 Å². The largest absolute Gasteiger partial charge is 0.493 e. The van der Waals surface area contributed by atoms with E-state index in [4.69, 9.17) is 9.47 Å². The van der Waals surface area contributed by atoms with E-state index in [2.05, 4.69) is 32.7 Å². The molecule has 222 valence electrons. The molecule has 2 amide bonds. The number of nitrogens with zero attached hydrogens (tertiary/aromatic N) is 2. The highest BCUT2D eigenvalue weighted by atomic mass is 16.5. The summed E-state index contributed by atoms with van der Waals surface area (Å²) in [5.74, 6) is 2.13. The van der Waals surface area contributed by atoms with Crippen molar-refractivity contribution < 1.29 is 19.1 Å². The summed E-state index contributed by atoms with van der Waals surface area (Å²) in [4.78, 5) is 31.9. The number of benzene rings is 3. The molecule has 2 heterocycles. The van der Waals surface area contributed by atoms with Crippen molar-refractivity contribution >= 4 is 11.8 Å². The zero-order valence-electron chi connectivity index (χ0n) is 24.3. The lowest BCUT2D eigenvalue weighted by Crippen LogP contribution is -2.37. The van der Waals surface area contributed by atoms with E-state index < -0.39 is 0 Å². The minimum atomic E-state index is -0.0679. The predicted octanol–water partition coefficient (Wildman–Crippen LogP) is 5.41. The molecule has 0 atom stereocenters. The summed E-state index contributed by atoms with van der Waals surface area (Å²) in [5, 5.41) is 6.08. The highest BCUT2D eigenvalue weighted by Gasteiger charge is 2.17. The molecule has 0 fully saturated rings. The van der Waals surface area contributed by atoms with Gasteiger partial charge in [0.1, 0.15) is 17.2 Å². The summed E-state index contributed by atoms with van der Waals surface area (Å²) in [6.07, 6.45) is 6.44. The summed E-state index contributed by atoms with van der Waals surface area (Å²) >= 11 is 0. The third-order valence-corrected chi connectivity index (χ3v) is 7.18. The maximum atomic E-state index is 12.9. The van der Waals surface area contributed by atoms with E-state index >= 15 is 0 Å². The number of carbonyl (C=O) groups excluding carboxylic acids is 2. The minimum Gasteiger partial charge on any atom is -0.493 e. The molecule has 1 aliphatic heterocycles. The molecule has 0 bridgehead atoms. The zero-order chi connectivity index (χ0) is 29.7. The van der Waals surface area contributed by atoms with E-state index in [1.54, 1.807) is 12.4 Å². The number of rotatable bonds is 8. The van der Waals surface area contributed by atoms with E-state index in [-0.39, 0.29) is 24.8 Å². The molecular formula is C35H38N4O4. The molecule has 0 aliphatic carbocycles. The molecular weight excluding hydrogens is 540 g/mol. The van der Waals surface area contributed by atoms with Crippen molar-refractivity contribution in [2.24, 2.45) is 0 Å². The topological polar surface area (TPSA) is 92.8 Å². The number of fused-ring (bicyclic) bond motifs is 1. The first-order valence-electron chi connectivity index (χ1n) is 14.8. The Hall–Kier alpha value is -4.69. The molecule has 43 heavy (non-hydrogen) atoms. The first kappa shape index (κ1) is 29.8. The second-order valence-corrected chi connectivity index (χ2v) is 10.7. The Bertz CT molecular complexity index is 1460. The van der Waals surface area contributed by atoms with Crippen LogP contribution in [-0.2, 0) is 35.6 Å². The van der Waals surface area contributed by atoms with Crippen LogP contribution in [-0.4, -0.2) is 41.4 Å². The van der Waals surface area contributed by atoms with Gasteiger partial charge in [-0.2, -0.15) is 0 Å². The van der Waals surface area contributed by atoms with Crippen LogP contribution in [0.2, 0.25) is 0 Å². The van der Waals surface area contributed by atoms with Crippen molar-refractivity contribution in [3.8, 4) is 17.2 Å². The van der Waals surface area contributed by atoms with Crippen molar-refractivity contribution in [2.75, 3.05) is 19.7 Å². The lowest BCUT2D eigenvalue weighted by atomic mass is 10.1. The van der Waals surface area contributed by atoms with Crippen LogP contribution in [0.3, 0.4) is 0 Å². The molecule has 0 radical (unpaired) electrons. The number of nitrogens with one attached hydrogen (secondary N) is 2. The Balaban J connectivity index is 1.23. The second kappa shape index (κ2) is 15.5. The Labute approximate surface area is 253 Å². The van der Waals surface area contributed by atoms with Crippen LogP contribution in [0.1, 0.15) is 41.5 Å². The van der Waals surface area contributed by atoms with Crippen LogP contribution >= 0.6 is 0 Å². The molecule has 4 aromatic rings. The number of hydrogen-bond acceptors (Lipinski definition) is 6. The van der Waals surface area contributed by atoms with Gasteiger partial charge in [-0.05, 0) is 66.3 Å². The molecule has 0 saturated carbocycles. The summed E-state index contributed by atoms with van der Waals surface area (Å²) in [5.41, 5.74) is 3.98. The molecule has 0 unspecified atom stereocenters. The number of carbonyl (C=O) groups is 2. The van der Waals surface area contributed by atoms with Gasteiger partial charge in [-0.3, -0.25) is 19.5 Å².